The summed E-state index contributed by atoms with van der Waals surface area (Å²) >= 11 is 0. The molecule has 0 radical (unpaired) electrons. The van der Waals surface area contributed by atoms with E-state index in [0.717, 1.165) is 18.9 Å². The fraction of sp³-hybridized carbons (Fsp3) is 0.263. The van der Waals surface area contributed by atoms with E-state index < -0.39 is 5.91 Å². The van der Waals surface area contributed by atoms with Crippen LogP contribution >= 0.6 is 0 Å². The Labute approximate surface area is 149 Å². The highest BCUT2D eigenvalue weighted by molar-refractivity contribution is 5.93. The molecule has 134 valence electrons. The van der Waals surface area contributed by atoms with Crippen LogP contribution in [0.2, 0.25) is 0 Å². The molecule has 0 saturated carbocycles. The summed E-state index contributed by atoms with van der Waals surface area (Å²) in [4.78, 5) is 43.1. The standard InChI is InChI=1S/C19H19N3O4/c1-2-3-8-17-21-12(9-18(24)22-17)11-20-19(25)16-10-14(23)13-6-4-5-7-15(13)26-16/h4-7,9-10H,2-3,8,11H2,1H3,(H,20,25)(H,21,22,24). The Morgan fingerprint density at radius 3 is 2.85 bits per heavy atom. The molecule has 1 amide bonds. The molecule has 0 fully saturated rings. The molecule has 0 atom stereocenters. The first-order valence-electron chi connectivity index (χ1n) is 8.47. The molecule has 0 unspecified atom stereocenters. The first-order valence-corrected chi connectivity index (χ1v) is 8.47. The van der Waals surface area contributed by atoms with E-state index in [4.69, 9.17) is 4.42 Å². The lowest BCUT2D eigenvalue weighted by Gasteiger charge is -2.06. The van der Waals surface area contributed by atoms with Gasteiger partial charge in [0.15, 0.2) is 11.2 Å². The van der Waals surface area contributed by atoms with Crippen molar-refractivity contribution in [2.24, 2.45) is 0 Å². The van der Waals surface area contributed by atoms with Gasteiger partial charge in [0.1, 0.15) is 11.4 Å². The Hall–Kier alpha value is -3.22. The van der Waals surface area contributed by atoms with Crippen molar-refractivity contribution in [1.82, 2.24) is 15.3 Å². The Kier molecular flexibility index (Phi) is 5.26. The maximum atomic E-state index is 12.3. The third kappa shape index (κ3) is 4.05. The largest absolute Gasteiger partial charge is 0.451 e. The molecule has 0 bridgehead atoms. The Balaban J connectivity index is 1.76. The van der Waals surface area contributed by atoms with Crippen LogP contribution in [-0.2, 0) is 13.0 Å². The van der Waals surface area contributed by atoms with E-state index in [-0.39, 0.29) is 23.3 Å². The van der Waals surface area contributed by atoms with Gasteiger partial charge in [-0.2, -0.15) is 0 Å². The first kappa shape index (κ1) is 17.6. The van der Waals surface area contributed by atoms with Gasteiger partial charge in [-0.15, -0.1) is 0 Å². The van der Waals surface area contributed by atoms with E-state index in [0.29, 0.717) is 28.9 Å². The van der Waals surface area contributed by atoms with Crippen LogP contribution in [-0.4, -0.2) is 15.9 Å². The number of benzene rings is 1. The van der Waals surface area contributed by atoms with Gasteiger partial charge in [-0.1, -0.05) is 25.5 Å². The highest BCUT2D eigenvalue weighted by Gasteiger charge is 2.12. The third-order valence-corrected chi connectivity index (χ3v) is 3.90. The maximum Gasteiger partial charge on any atom is 0.287 e. The van der Waals surface area contributed by atoms with Crippen molar-refractivity contribution in [2.75, 3.05) is 0 Å². The molecule has 2 aromatic heterocycles. The van der Waals surface area contributed by atoms with E-state index in [1.807, 2.05) is 0 Å². The van der Waals surface area contributed by atoms with Crippen molar-refractivity contribution in [3.05, 3.63) is 74.3 Å². The number of amides is 1. The maximum absolute atomic E-state index is 12.3. The zero-order valence-corrected chi connectivity index (χ0v) is 14.4. The molecule has 0 aliphatic heterocycles. The minimum Gasteiger partial charge on any atom is -0.451 e. The Bertz CT molecular complexity index is 1050. The summed E-state index contributed by atoms with van der Waals surface area (Å²) in [7, 11) is 0. The molecule has 2 heterocycles. The Morgan fingerprint density at radius 1 is 1.23 bits per heavy atom. The third-order valence-electron chi connectivity index (χ3n) is 3.90. The van der Waals surface area contributed by atoms with Gasteiger partial charge < -0.3 is 14.7 Å². The summed E-state index contributed by atoms with van der Waals surface area (Å²) in [5.74, 6) is -0.0179. The molecule has 2 N–H and O–H groups in total. The van der Waals surface area contributed by atoms with Crippen molar-refractivity contribution in [3.8, 4) is 0 Å². The smallest absolute Gasteiger partial charge is 0.287 e. The van der Waals surface area contributed by atoms with Crippen LogP contribution in [0.4, 0.5) is 0 Å². The highest BCUT2D eigenvalue weighted by Crippen LogP contribution is 2.11. The van der Waals surface area contributed by atoms with Crippen molar-refractivity contribution < 1.29 is 9.21 Å². The summed E-state index contributed by atoms with van der Waals surface area (Å²) in [6, 6.07) is 9.23. The monoisotopic (exact) mass is 353 g/mol. The lowest BCUT2D eigenvalue weighted by molar-refractivity contribution is 0.0923. The first-order chi connectivity index (χ1) is 12.6. The van der Waals surface area contributed by atoms with Crippen LogP contribution in [0, 0.1) is 0 Å². The number of H-pyrrole nitrogens is 1. The molecular formula is C19H19N3O4. The minimum absolute atomic E-state index is 0.0679. The molecule has 3 rings (SSSR count). The van der Waals surface area contributed by atoms with E-state index in [1.54, 1.807) is 24.3 Å². The van der Waals surface area contributed by atoms with Gasteiger partial charge in [0.25, 0.3) is 11.5 Å². The number of fused-ring (bicyclic) bond motifs is 1. The van der Waals surface area contributed by atoms with Gasteiger partial charge in [-0.25, -0.2) is 4.98 Å². The summed E-state index contributed by atoms with van der Waals surface area (Å²) in [6.07, 6.45) is 2.58. The van der Waals surface area contributed by atoms with Gasteiger partial charge >= 0.3 is 0 Å². The van der Waals surface area contributed by atoms with Crippen molar-refractivity contribution in [1.29, 1.82) is 0 Å². The van der Waals surface area contributed by atoms with E-state index in [1.165, 1.54) is 6.07 Å². The van der Waals surface area contributed by atoms with Crippen molar-refractivity contribution in [3.63, 3.8) is 0 Å². The predicted molar refractivity (Wildman–Crippen MR) is 97.1 cm³/mol. The number of unbranched alkanes of at least 4 members (excludes halogenated alkanes) is 1. The van der Waals surface area contributed by atoms with Gasteiger partial charge in [-0.05, 0) is 18.6 Å². The van der Waals surface area contributed by atoms with Crippen LogP contribution < -0.4 is 16.3 Å². The number of nitrogens with one attached hydrogen (secondary N) is 2. The lowest BCUT2D eigenvalue weighted by Crippen LogP contribution is -2.26. The number of aromatic nitrogens is 2. The molecule has 0 aliphatic rings. The lowest BCUT2D eigenvalue weighted by atomic mass is 10.2. The summed E-state index contributed by atoms with van der Waals surface area (Å²) in [6.45, 7) is 2.12. The van der Waals surface area contributed by atoms with Crippen molar-refractivity contribution >= 4 is 16.9 Å². The average Bonchev–Trinajstić information content (AvgIpc) is 2.64. The van der Waals surface area contributed by atoms with Gasteiger partial charge in [0.05, 0.1) is 17.6 Å². The topological polar surface area (TPSA) is 105 Å². The number of para-hydroxylation sites is 1. The van der Waals surface area contributed by atoms with Gasteiger partial charge in [-0.3, -0.25) is 14.4 Å². The zero-order valence-electron chi connectivity index (χ0n) is 14.4. The summed E-state index contributed by atoms with van der Waals surface area (Å²) in [5.41, 5.74) is 0.262. The van der Waals surface area contributed by atoms with Crippen molar-refractivity contribution in [2.45, 2.75) is 32.7 Å². The number of carbonyl (C=O) groups excluding carboxylic acids is 1. The van der Waals surface area contributed by atoms with Crippen LogP contribution in [0.1, 0.15) is 41.8 Å². The highest BCUT2D eigenvalue weighted by atomic mass is 16.3. The van der Waals surface area contributed by atoms with Crippen LogP contribution in [0.25, 0.3) is 11.0 Å². The molecule has 26 heavy (non-hydrogen) atoms. The van der Waals surface area contributed by atoms with Gasteiger partial charge in [0.2, 0.25) is 0 Å². The Morgan fingerprint density at radius 2 is 2.04 bits per heavy atom. The predicted octanol–water partition coefficient (Wildman–Crippen LogP) is 2.15. The second-order valence-electron chi connectivity index (χ2n) is 5.94. The van der Waals surface area contributed by atoms with E-state index in [9.17, 15) is 14.4 Å². The molecule has 0 saturated heterocycles. The number of hydrogen-bond acceptors (Lipinski definition) is 5. The summed E-state index contributed by atoms with van der Waals surface area (Å²) < 4.78 is 5.49. The fourth-order valence-corrected chi connectivity index (χ4v) is 2.59. The molecule has 7 heteroatoms. The summed E-state index contributed by atoms with van der Waals surface area (Å²) in [5, 5.41) is 3.05. The SMILES string of the molecule is CCCCc1nc(CNC(=O)c2cc(=O)c3ccccc3o2)cc(=O)[nH]1. The molecular weight excluding hydrogens is 334 g/mol. The fourth-order valence-electron chi connectivity index (χ4n) is 2.59. The number of aromatic amines is 1. The minimum atomic E-state index is -0.537. The van der Waals surface area contributed by atoms with E-state index >= 15 is 0 Å². The normalized spacial score (nSPS) is 10.8. The molecule has 0 spiro atoms. The number of aryl methyl sites for hydroxylation is 1. The number of nitrogens with zero attached hydrogens (tertiary/aromatic N) is 1. The quantitative estimate of drug-likeness (QED) is 0.706. The average molecular weight is 353 g/mol. The zero-order chi connectivity index (χ0) is 18.5. The molecule has 7 nitrogen and oxygen atoms in total. The van der Waals surface area contributed by atoms with Gasteiger partial charge in [0, 0.05) is 18.6 Å². The molecule has 1 aromatic carbocycles. The number of rotatable bonds is 6. The van der Waals surface area contributed by atoms with Crippen LogP contribution in [0.3, 0.4) is 0 Å². The number of hydrogen-bond donors (Lipinski definition) is 2. The number of carbonyl (C=O) groups is 1. The van der Waals surface area contributed by atoms with E-state index in [2.05, 4.69) is 22.2 Å². The van der Waals surface area contributed by atoms with Crippen LogP contribution in [0.15, 0.2) is 50.4 Å². The molecule has 3 aromatic rings. The molecule has 0 aliphatic carbocycles. The second kappa shape index (κ2) is 7.77. The van der Waals surface area contributed by atoms with Crippen LogP contribution in [0.5, 0.6) is 0 Å². The second-order valence-corrected chi connectivity index (χ2v) is 5.94.